The van der Waals surface area contributed by atoms with Gasteiger partial charge in [0.25, 0.3) is 0 Å². The number of primary amides is 1. The number of nitrogens with zero attached hydrogens (tertiary/aromatic N) is 3. The Labute approximate surface area is 215 Å². The lowest BCUT2D eigenvalue weighted by Gasteiger charge is -2.36. The largest absolute Gasteiger partial charge is 0.369 e. The molecule has 3 heterocycles. The van der Waals surface area contributed by atoms with E-state index in [9.17, 15) is 14.4 Å². The molecule has 4 atom stereocenters. The summed E-state index contributed by atoms with van der Waals surface area (Å²) in [6.07, 6.45) is 1.14. The molecule has 0 spiro atoms. The van der Waals surface area contributed by atoms with E-state index in [0.29, 0.717) is 24.1 Å². The number of carbonyl (C=O) groups excluding carboxylic acids is 3. The molecule has 2 amide bonds. The minimum Gasteiger partial charge on any atom is -0.369 e. The second-order valence-corrected chi connectivity index (χ2v) is 11.7. The van der Waals surface area contributed by atoms with Gasteiger partial charge in [0.15, 0.2) is 5.78 Å². The Balaban J connectivity index is 1.72. The van der Waals surface area contributed by atoms with Crippen molar-refractivity contribution in [3.63, 3.8) is 0 Å². The van der Waals surface area contributed by atoms with Crippen LogP contribution in [0.4, 0.5) is 5.69 Å². The maximum absolute atomic E-state index is 14.3. The van der Waals surface area contributed by atoms with Crippen molar-refractivity contribution in [1.82, 2.24) is 9.80 Å². The molecule has 3 aliphatic rings. The molecule has 0 aliphatic carbocycles. The van der Waals surface area contributed by atoms with Crippen molar-refractivity contribution in [1.29, 1.82) is 0 Å². The van der Waals surface area contributed by atoms with Crippen molar-refractivity contribution in [3.05, 3.63) is 29.3 Å². The van der Waals surface area contributed by atoms with E-state index in [2.05, 4.69) is 44.4 Å². The molecular weight excluding hydrogens is 456 g/mol. The van der Waals surface area contributed by atoms with Crippen LogP contribution in [0.25, 0.3) is 0 Å². The molecule has 8 nitrogen and oxygen atoms in total. The summed E-state index contributed by atoms with van der Waals surface area (Å²) in [5, 5.41) is 0. The highest BCUT2D eigenvalue weighted by molar-refractivity contribution is 5.99. The summed E-state index contributed by atoms with van der Waals surface area (Å²) in [5.74, 6) is -1.11. The summed E-state index contributed by atoms with van der Waals surface area (Å²) in [4.78, 5) is 46.0. The number of nitrogens with two attached hydrogens (primary N) is 1. The molecule has 198 valence electrons. The van der Waals surface area contributed by atoms with Crippen LogP contribution in [0.1, 0.15) is 69.3 Å². The Hall–Kier alpha value is -2.45. The number of likely N-dealkylation sites (N-methyl/N-ethyl adjacent to an activating group) is 1. The lowest BCUT2D eigenvalue weighted by atomic mass is 9.79. The van der Waals surface area contributed by atoms with Gasteiger partial charge >= 0.3 is 0 Å². The Morgan fingerprint density at radius 2 is 1.83 bits per heavy atom. The van der Waals surface area contributed by atoms with E-state index in [1.165, 1.54) is 0 Å². The van der Waals surface area contributed by atoms with Gasteiger partial charge in [0.2, 0.25) is 11.8 Å². The van der Waals surface area contributed by atoms with Gasteiger partial charge in [-0.05, 0) is 48.6 Å². The molecule has 4 rings (SSSR count). The van der Waals surface area contributed by atoms with E-state index in [-0.39, 0.29) is 35.7 Å². The number of ketones is 1. The van der Waals surface area contributed by atoms with Gasteiger partial charge in [-0.25, -0.2) is 0 Å². The number of carbonyl (C=O) groups is 3. The summed E-state index contributed by atoms with van der Waals surface area (Å²) in [6.45, 7) is 15.8. The molecule has 0 saturated carbocycles. The number of ether oxygens (including phenoxy) is 1. The third-order valence-electron chi connectivity index (χ3n) is 8.07. The van der Waals surface area contributed by atoms with Crippen LogP contribution in [0.3, 0.4) is 0 Å². The molecule has 3 fully saturated rings. The van der Waals surface area contributed by atoms with Gasteiger partial charge in [0.05, 0.1) is 12.0 Å². The molecule has 3 aliphatic heterocycles. The molecule has 0 unspecified atom stereocenters. The second kappa shape index (κ2) is 10.5. The third kappa shape index (κ3) is 5.30. The van der Waals surface area contributed by atoms with Crippen LogP contribution in [-0.2, 0) is 14.3 Å². The molecule has 3 saturated heterocycles. The number of rotatable bonds is 7. The summed E-state index contributed by atoms with van der Waals surface area (Å²) in [7, 11) is 0. The van der Waals surface area contributed by atoms with E-state index in [4.69, 9.17) is 10.5 Å². The quantitative estimate of drug-likeness (QED) is 0.621. The van der Waals surface area contributed by atoms with Gasteiger partial charge in [-0.3, -0.25) is 14.4 Å². The highest BCUT2D eigenvalue weighted by Gasteiger charge is 2.52. The van der Waals surface area contributed by atoms with Crippen molar-refractivity contribution in [3.8, 4) is 0 Å². The fourth-order valence-electron chi connectivity index (χ4n) is 6.07. The first-order valence-electron chi connectivity index (χ1n) is 13.4. The molecule has 8 heteroatoms. The van der Waals surface area contributed by atoms with E-state index >= 15 is 0 Å². The van der Waals surface area contributed by atoms with Crippen molar-refractivity contribution in [2.45, 2.75) is 65.5 Å². The van der Waals surface area contributed by atoms with Crippen molar-refractivity contribution in [2.75, 3.05) is 50.8 Å². The van der Waals surface area contributed by atoms with Gasteiger partial charge in [-0.1, -0.05) is 34.6 Å². The monoisotopic (exact) mass is 498 g/mol. The van der Waals surface area contributed by atoms with E-state index in [1.807, 2.05) is 12.1 Å². The lowest BCUT2D eigenvalue weighted by Crippen LogP contribution is -2.46. The van der Waals surface area contributed by atoms with Crippen molar-refractivity contribution in [2.24, 2.45) is 17.1 Å². The van der Waals surface area contributed by atoms with Crippen molar-refractivity contribution >= 4 is 23.3 Å². The van der Waals surface area contributed by atoms with Crippen LogP contribution in [0.2, 0.25) is 0 Å². The minimum absolute atomic E-state index is 0.0310. The number of Topliss-reactive ketones (excluding diaryl/α,β-unsaturated/α-hetero) is 1. The zero-order chi connectivity index (χ0) is 26.2. The van der Waals surface area contributed by atoms with Crippen LogP contribution >= 0.6 is 0 Å². The predicted octanol–water partition coefficient (Wildman–Crippen LogP) is 2.65. The second-order valence-electron chi connectivity index (χ2n) is 11.7. The molecule has 0 bridgehead atoms. The van der Waals surface area contributed by atoms with Gasteiger partial charge in [0, 0.05) is 49.9 Å². The average Bonchev–Trinajstić information content (AvgIpc) is 3.41. The molecule has 0 radical (unpaired) electrons. The number of anilines is 1. The van der Waals surface area contributed by atoms with Crippen LogP contribution < -0.4 is 10.6 Å². The van der Waals surface area contributed by atoms with E-state index in [0.717, 1.165) is 44.8 Å². The molecule has 0 aromatic heterocycles. The average molecular weight is 499 g/mol. The first kappa shape index (κ1) is 26.6. The summed E-state index contributed by atoms with van der Waals surface area (Å²) in [6, 6.07) is 5.17. The topological polar surface area (TPSA) is 96.2 Å². The summed E-state index contributed by atoms with van der Waals surface area (Å²) in [5.41, 5.74) is 7.69. The highest BCUT2D eigenvalue weighted by atomic mass is 16.5. The van der Waals surface area contributed by atoms with Gasteiger partial charge in [0.1, 0.15) is 12.6 Å². The predicted molar refractivity (Wildman–Crippen MR) is 140 cm³/mol. The Morgan fingerprint density at radius 3 is 2.42 bits per heavy atom. The molecule has 1 aromatic rings. The van der Waals surface area contributed by atoms with Crippen LogP contribution in [0.15, 0.2) is 18.2 Å². The van der Waals surface area contributed by atoms with Crippen molar-refractivity contribution < 1.29 is 19.1 Å². The summed E-state index contributed by atoms with van der Waals surface area (Å²) < 4.78 is 5.81. The van der Waals surface area contributed by atoms with Gasteiger partial charge < -0.3 is 25.2 Å². The smallest absolute Gasteiger partial charge is 0.249 e. The zero-order valence-corrected chi connectivity index (χ0v) is 22.5. The first-order chi connectivity index (χ1) is 17.0. The number of hydrogen-bond donors (Lipinski definition) is 1. The minimum atomic E-state index is -0.575. The van der Waals surface area contributed by atoms with Crippen LogP contribution in [0.5, 0.6) is 0 Å². The number of amides is 2. The fourth-order valence-corrected chi connectivity index (χ4v) is 6.07. The van der Waals surface area contributed by atoms with Crippen LogP contribution in [0, 0.1) is 11.3 Å². The molecule has 36 heavy (non-hydrogen) atoms. The van der Waals surface area contributed by atoms with Crippen LogP contribution in [-0.4, -0.2) is 85.4 Å². The number of likely N-dealkylation sites (tertiary alicyclic amines) is 1. The molecular formula is C28H42N4O4. The number of hydrogen-bond acceptors (Lipinski definition) is 6. The fraction of sp³-hybridized carbons (Fsp3) is 0.679. The maximum Gasteiger partial charge on any atom is 0.249 e. The van der Waals surface area contributed by atoms with E-state index in [1.54, 1.807) is 11.0 Å². The normalized spacial score (nSPS) is 25.8. The SMILES string of the molecule is CC[C@H]1CN(C(=O)[C@@H](CC(C)(C)C)c2cc(N3CCN(CC)CC3)ccc2C(N)=O)[C@@H]2C(=O)CO[C@H]12. The number of piperazine rings is 1. The maximum atomic E-state index is 14.3. The Morgan fingerprint density at radius 1 is 1.14 bits per heavy atom. The molecule has 1 aromatic carbocycles. The Bertz CT molecular complexity index is 996. The van der Waals surface area contributed by atoms with Gasteiger partial charge in [-0.2, -0.15) is 0 Å². The standard InChI is InChI=1S/C28H42N4O4/c1-6-18-16-32(24-23(33)17-36-25(18)24)27(35)22(15-28(3,4)5)21-14-19(8-9-20(21)26(29)34)31-12-10-30(7-2)11-13-31/h8-9,14,18,22,24-25H,6-7,10-13,15-17H2,1-5H3,(H2,29,34)/t18-,22-,24+,25+/m0/s1. The third-order valence-corrected chi connectivity index (χ3v) is 8.07. The lowest BCUT2D eigenvalue weighted by molar-refractivity contribution is -0.138. The zero-order valence-electron chi connectivity index (χ0n) is 22.5. The molecule has 2 N–H and O–H groups in total. The first-order valence-corrected chi connectivity index (χ1v) is 13.4. The Kier molecular flexibility index (Phi) is 7.76. The summed E-state index contributed by atoms with van der Waals surface area (Å²) >= 11 is 0. The number of fused-ring (bicyclic) bond motifs is 1. The van der Waals surface area contributed by atoms with Gasteiger partial charge in [-0.15, -0.1) is 0 Å². The van der Waals surface area contributed by atoms with E-state index < -0.39 is 17.9 Å². The highest BCUT2D eigenvalue weighted by Crippen LogP contribution is 2.40. The number of benzene rings is 1.